The van der Waals surface area contributed by atoms with Crippen molar-refractivity contribution in [2.24, 2.45) is 0 Å². The van der Waals surface area contributed by atoms with Crippen LogP contribution in [-0.2, 0) is 14.2 Å². The summed E-state index contributed by atoms with van der Waals surface area (Å²) in [5.74, 6) is 0. The van der Waals surface area contributed by atoms with E-state index in [9.17, 15) is 0 Å². The van der Waals surface area contributed by atoms with Crippen molar-refractivity contribution >= 4 is 22.6 Å². The number of rotatable bonds is 15. The summed E-state index contributed by atoms with van der Waals surface area (Å²) in [5, 5.41) is 3.33. The Bertz CT molecular complexity index is 134. The first kappa shape index (κ1) is 18.6. The normalized spacial score (nSPS) is 11.0. The molecule has 0 saturated heterocycles. The summed E-state index contributed by atoms with van der Waals surface area (Å²) in [6.07, 6.45) is 3.54. The van der Waals surface area contributed by atoms with E-state index in [1.807, 2.05) is 0 Å². The Kier molecular flexibility index (Phi) is 18.1. The summed E-state index contributed by atoms with van der Waals surface area (Å²) < 4.78 is 17.4. The van der Waals surface area contributed by atoms with Crippen molar-refractivity contribution in [1.29, 1.82) is 0 Å². The molecule has 0 spiro atoms. The molecule has 0 fully saturated rings. The van der Waals surface area contributed by atoms with Crippen molar-refractivity contribution < 1.29 is 14.2 Å². The molecule has 0 aliphatic rings. The Morgan fingerprint density at radius 1 is 0.778 bits per heavy atom. The van der Waals surface area contributed by atoms with Gasteiger partial charge in [-0.25, -0.2) is 0 Å². The van der Waals surface area contributed by atoms with Crippen molar-refractivity contribution in [2.75, 3.05) is 57.2 Å². The molecule has 0 aliphatic heterocycles. The highest BCUT2D eigenvalue weighted by molar-refractivity contribution is 14.1. The summed E-state index contributed by atoms with van der Waals surface area (Å²) in [6.45, 7) is 8.46. The van der Waals surface area contributed by atoms with Crippen LogP contribution in [0, 0.1) is 0 Å². The highest BCUT2D eigenvalue weighted by Crippen LogP contribution is 1.88. The van der Waals surface area contributed by atoms with E-state index in [1.165, 1.54) is 17.3 Å². The summed E-state index contributed by atoms with van der Waals surface area (Å²) in [7, 11) is 0. The maximum absolute atomic E-state index is 5.43. The summed E-state index contributed by atoms with van der Waals surface area (Å²) in [4.78, 5) is 0. The quantitative estimate of drug-likeness (QED) is 0.272. The molecule has 5 heteroatoms. The van der Waals surface area contributed by atoms with Gasteiger partial charge in [-0.3, -0.25) is 0 Å². The van der Waals surface area contributed by atoms with E-state index < -0.39 is 0 Å². The van der Waals surface area contributed by atoms with Gasteiger partial charge in [0.15, 0.2) is 0 Å². The zero-order chi connectivity index (χ0) is 13.3. The molecule has 0 radical (unpaired) electrons. The Balaban J connectivity index is 2.86. The third-order valence-electron chi connectivity index (χ3n) is 2.30. The molecule has 0 aliphatic carbocycles. The van der Waals surface area contributed by atoms with Crippen LogP contribution in [0.4, 0.5) is 0 Å². The number of halogens is 1. The predicted octanol–water partition coefficient (Wildman–Crippen LogP) is 2.25. The van der Waals surface area contributed by atoms with Crippen LogP contribution in [-0.4, -0.2) is 57.2 Å². The Morgan fingerprint density at radius 2 is 1.39 bits per heavy atom. The van der Waals surface area contributed by atoms with Crippen LogP contribution in [0.3, 0.4) is 0 Å². The average molecular weight is 373 g/mol. The number of hydrogen-bond acceptors (Lipinski definition) is 4. The number of hydrogen-bond donors (Lipinski definition) is 1. The Hall–Kier alpha value is 0.570. The number of unbranched alkanes of at least 4 members (excludes halogenated alkanes) is 1. The second-order valence-electron chi connectivity index (χ2n) is 3.98. The molecule has 0 atom stereocenters. The minimum Gasteiger partial charge on any atom is -0.379 e. The van der Waals surface area contributed by atoms with Crippen molar-refractivity contribution in [2.45, 2.75) is 26.2 Å². The first-order valence-corrected chi connectivity index (χ1v) is 8.44. The molecule has 1 N–H and O–H groups in total. The minimum atomic E-state index is 0.658. The van der Waals surface area contributed by atoms with Crippen LogP contribution in [0.25, 0.3) is 0 Å². The van der Waals surface area contributed by atoms with Crippen LogP contribution in [0.5, 0.6) is 0 Å². The lowest BCUT2D eigenvalue weighted by Gasteiger charge is -2.07. The smallest absolute Gasteiger partial charge is 0.0701 e. The lowest BCUT2D eigenvalue weighted by molar-refractivity contribution is 0.0147. The minimum absolute atomic E-state index is 0.658. The van der Waals surface area contributed by atoms with E-state index in [4.69, 9.17) is 14.2 Å². The van der Waals surface area contributed by atoms with E-state index in [2.05, 4.69) is 34.8 Å². The molecule has 0 unspecified atom stereocenters. The van der Waals surface area contributed by atoms with Gasteiger partial charge in [0.1, 0.15) is 0 Å². The summed E-state index contributed by atoms with van der Waals surface area (Å²) >= 11 is 2.39. The van der Waals surface area contributed by atoms with Gasteiger partial charge in [-0.05, 0) is 19.4 Å². The molecule has 0 aromatic rings. The molecule has 0 heterocycles. The molecule has 0 amide bonds. The fraction of sp³-hybridized carbons (Fsp3) is 1.00. The number of nitrogens with one attached hydrogen (secondary N) is 1. The average Bonchev–Trinajstić information content (AvgIpc) is 2.39. The number of ether oxygens (including phenoxy) is 3. The summed E-state index contributed by atoms with van der Waals surface area (Å²) in [6, 6.07) is 0. The fourth-order valence-electron chi connectivity index (χ4n) is 1.25. The zero-order valence-electron chi connectivity index (χ0n) is 11.6. The molecule has 18 heavy (non-hydrogen) atoms. The van der Waals surface area contributed by atoms with Gasteiger partial charge >= 0.3 is 0 Å². The van der Waals surface area contributed by atoms with Crippen LogP contribution < -0.4 is 5.32 Å². The van der Waals surface area contributed by atoms with Crippen molar-refractivity contribution in [3.05, 3.63) is 0 Å². The van der Waals surface area contributed by atoms with Gasteiger partial charge in [0.05, 0.1) is 33.0 Å². The highest BCUT2D eigenvalue weighted by Gasteiger charge is 1.92. The predicted molar refractivity (Wildman–Crippen MR) is 83.7 cm³/mol. The molecule has 0 aromatic carbocycles. The van der Waals surface area contributed by atoms with Crippen molar-refractivity contribution in [3.63, 3.8) is 0 Å². The van der Waals surface area contributed by atoms with E-state index in [0.717, 1.165) is 32.7 Å². The summed E-state index contributed by atoms with van der Waals surface area (Å²) in [5.41, 5.74) is 0. The SMILES string of the molecule is CCCCOCCOCCOCCNCCCI. The topological polar surface area (TPSA) is 39.7 Å². The molecule has 4 nitrogen and oxygen atoms in total. The second kappa shape index (κ2) is 17.6. The third kappa shape index (κ3) is 16.6. The molecule has 0 aromatic heterocycles. The maximum atomic E-state index is 5.43. The van der Waals surface area contributed by atoms with Crippen molar-refractivity contribution in [1.82, 2.24) is 5.32 Å². The standard InChI is InChI=1S/C13H28INO3/c1-2-3-8-16-10-12-18-13-11-17-9-7-15-6-4-5-14/h15H,2-13H2,1H3. The van der Waals surface area contributed by atoms with Gasteiger partial charge < -0.3 is 19.5 Å². The largest absolute Gasteiger partial charge is 0.379 e. The van der Waals surface area contributed by atoms with E-state index in [-0.39, 0.29) is 0 Å². The van der Waals surface area contributed by atoms with Crippen LogP contribution in [0.15, 0.2) is 0 Å². The highest BCUT2D eigenvalue weighted by atomic mass is 127. The van der Waals surface area contributed by atoms with E-state index in [0.29, 0.717) is 26.4 Å². The monoisotopic (exact) mass is 373 g/mol. The van der Waals surface area contributed by atoms with Crippen LogP contribution >= 0.6 is 22.6 Å². The molecule has 0 rings (SSSR count). The fourth-order valence-corrected chi connectivity index (χ4v) is 1.63. The Morgan fingerprint density at radius 3 is 2.00 bits per heavy atom. The molecule has 0 bridgehead atoms. The second-order valence-corrected chi connectivity index (χ2v) is 5.06. The lowest BCUT2D eigenvalue weighted by Crippen LogP contribution is -2.22. The van der Waals surface area contributed by atoms with Gasteiger partial charge in [-0.1, -0.05) is 35.9 Å². The van der Waals surface area contributed by atoms with Gasteiger partial charge in [-0.15, -0.1) is 0 Å². The van der Waals surface area contributed by atoms with Gasteiger partial charge in [0, 0.05) is 17.6 Å². The van der Waals surface area contributed by atoms with Crippen LogP contribution in [0.2, 0.25) is 0 Å². The van der Waals surface area contributed by atoms with Gasteiger partial charge in [-0.2, -0.15) is 0 Å². The zero-order valence-corrected chi connectivity index (χ0v) is 13.7. The number of alkyl halides is 1. The molecule has 110 valence electrons. The van der Waals surface area contributed by atoms with Crippen molar-refractivity contribution in [3.8, 4) is 0 Å². The van der Waals surface area contributed by atoms with Crippen LogP contribution in [0.1, 0.15) is 26.2 Å². The van der Waals surface area contributed by atoms with E-state index >= 15 is 0 Å². The third-order valence-corrected chi connectivity index (χ3v) is 3.06. The Labute approximate surface area is 125 Å². The van der Waals surface area contributed by atoms with Gasteiger partial charge in [0.25, 0.3) is 0 Å². The molecular formula is C13H28INO3. The maximum Gasteiger partial charge on any atom is 0.0701 e. The van der Waals surface area contributed by atoms with E-state index in [1.54, 1.807) is 0 Å². The lowest BCUT2D eigenvalue weighted by atomic mass is 10.4. The molecular weight excluding hydrogens is 345 g/mol. The van der Waals surface area contributed by atoms with Gasteiger partial charge in [0.2, 0.25) is 0 Å². The first-order chi connectivity index (χ1) is 8.91. The molecule has 0 saturated carbocycles. The first-order valence-electron chi connectivity index (χ1n) is 6.91.